The fraction of sp³-hybridized carbons (Fsp3) is 0.154. The summed E-state index contributed by atoms with van der Waals surface area (Å²) >= 11 is 0. The van der Waals surface area contributed by atoms with Crippen LogP contribution < -0.4 is 11.1 Å². The van der Waals surface area contributed by atoms with Crippen LogP contribution >= 0.6 is 0 Å². The van der Waals surface area contributed by atoms with Gasteiger partial charge in [0.25, 0.3) is 0 Å². The molecule has 0 amide bonds. The van der Waals surface area contributed by atoms with E-state index in [1.165, 1.54) is 0 Å². The van der Waals surface area contributed by atoms with Gasteiger partial charge in [-0.05, 0) is 35.8 Å². The lowest BCUT2D eigenvalue weighted by molar-refractivity contribution is 0.797. The van der Waals surface area contributed by atoms with Crippen LogP contribution in [0.2, 0.25) is 0 Å². The molecule has 0 aliphatic carbocycles. The predicted octanol–water partition coefficient (Wildman–Crippen LogP) is 2.05. The highest BCUT2D eigenvalue weighted by molar-refractivity contribution is 5.76. The van der Waals surface area contributed by atoms with Crippen LogP contribution in [-0.2, 0) is 0 Å². The molecule has 1 unspecified atom stereocenters. The van der Waals surface area contributed by atoms with Crippen LogP contribution in [-0.4, -0.2) is 6.04 Å². The smallest absolute Gasteiger partial charge is 0.135 e. The van der Waals surface area contributed by atoms with E-state index in [4.69, 9.17) is 11.0 Å². The first-order valence-corrected chi connectivity index (χ1v) is 5.10. The van der Waals surface area contributed by atoms with Crippen molar-refractivity contribution in [1.82, 2.24) is 5.32 Å². The highest BCUT2D eigenvalue weighted by Crippen LogP contribution is 2.22. The number of nitrogens with one attached hydrogen (secondary N) is 1. The molecule has 16 heavy (non-hydrogen) atoms. The molecule has 0 aromatic heterocycles. The number of dihydropyridines is 1. The molecule has 3 heteroatoms. The number of nitrogens with zero attached hydrogens (tertiary/aromatic N) is 1. The largest absolute Gasteiger partial charge is 0.399 e. The summed E-state index contributed by atoms with van der Waals surface area (Å²) in [7, 11) is 0. The van der Waals surface area contributed by atoms with Gasteiger partial charge in [0.2, 0.25) is 0 Å². The topological polar surface area (TPSA) is 61.8 Å². The zero-order valence-corrected chi connectivity index (χ0v) is 9.07. The second kappa shape index (κ2) is 4.11. The predicted molar refractivity (Wildman–Crippen MR) is 65.1 cm³/mol. The standard InChI is InChI=1S/C13H13N3/c1-9-6-11(8-16-13(9)7-14)10-2-4-12(15)5-3-10/h2-6,8,13,16H,15H2,1H3. The van der Waals surface area contributed by atoms with Crippen molar-refractivity contribution in [3.63, 3.8) is 0 Å². The normalized spacial score (nSPS) is 19.1. The summed E-state index contributed by atoms with van der Waals surface area (Å²) in [6.45, 7) is 1.95. The number of anilines is 1. The highest BCUT2D eigenvalue weighted by atomic mass is 14.9. The molecule has 0 saturated heterocycles. The summed E-state index contributed by atoms with van der Waals surface area (Å²) < 4.78 is 0. The molecule has 0 spiro atoms. The molecule has 3 nitrogen and oxygen atoms in total. The van der Waals surface area contributed by atoms with Gasteiger partial charge in [0.05, 0.1) is 6.07 Å². The highest BCUT2D eigenvalue weighted by Gasteiger charge is 2.13. The summed E-state index contributed by atoms with van der Waals surface area (Å²) in [5.41, 5.74) is 9.58. The Labute approximate surface area is 94.9 Å². The summed E-state index contributed by atoms with van der Waals surface area (Å²) in [5.74, 6) is 0. The van der Waals surface area contributed by atoms with E-state index < -0.39 is 0 Å². The van der Waals surface area contributed by atoms with Gasteiger partial charge in [-0.1, -0.05) is 18.2 Å². The lowest BCUT2D eigenvalue weighted by Crippen LogP contribution is -2.26. The SMILES string of the molecule is CC1=CC(c2ccc(N)cc2)=CNC1C#N. The van der Waals surface area contributed by atoms with Crippen LogP contribution in [0.1, 0.15) is 12.5 Å². The average molecular weight is 211 g/mol. The molecule has 1 atom stereocenters. The molecule has 1 aromatic rings. The quantitative estimate of drug-likeness (QED) is 0.699. The van der Waals surface area contributed by atoms with Crippen LogP contribution in [0.4, 0.5) is 5.69 Å². The summed E-state index contributed by atoms with van der Waals surface area (Å²) in [6.07, 6.45) is 3.89. The summed E-state index contributed by atoms with van der Waals surface area (Å²) in [6, 6.07) is 9.66. The van der Waals surface area contributed by atoms with E-state index in [-0.39, 0.29) is 6.04 Å². The molecule has 80 valence electrons. The zero-order valence-electron chi connectivity index (χ0n) is 9.07. The molecule has 0 bridgehead atoms. The van der Waals surface area contributed by atoms with E-state index >= 15 is 0 Å². The Kier molecular flexibility index (Phi) is 2.65. The minimum atomic E-state index is -0.211. The average Bonchev–Trinajstić information content (AvgIpc) is 2.30. The molecule has 0 saturated carbocycles. The van der Waals surface area contributed by atoms with E-state index in [2.05, 4.69) is 11.4 Å². The molecule has 3 N–H and O–H groups in total. The number of nitrogen functional groups attached to an aromatic ring is 1. The molecule has 0 radical (unpaired) electrons. The third-order valence-corrected chi connectivity index (χ3v) is 2.62. The van der Waals surface area contributed by atoms with Crippen molar-refractivity contribution in [2.45, 2.75) is 13.0 Å². The Bertz CT molecular complexity index is 489. The molecule has 1 heterocycles. The number of hydrogen-bond acceptors (Lipinski definition) is 3. The van der Waals surface area contributed by atoms with E-state index in [9.17, 15) is 0 Å². The molecule has 2 rings (SSSR count). The molecule has 1 aliphatic heterocycles. The summed E-state index contributed by atoms with van der Waals surface area (Å²) in [5, 5.41) is 11.9. The van der Waals surface area contributed by atoms with Crippen molar-refractivity contribution < 1.29 is 0 Å². The molecule has 0 fully saturated rings. The number of rotatable bonds is 1. The fourth-order valence-electron chi connectivity index (χ4n) is 1.66. The van der Waals surface area contributed by atoms with Crippen molar-refractivity contribution in [2.24, 2.45) is 0 Å². The first-order valence-electron chi connectivity index (χ1n) is 5.10. The lowest BCUT2D eigenvalue weighted by atomic mass is 9.98. The maximum atomic E-state index is 8.86. The molecule has 1 aliphatic rings. The van der Waals surface area contributed by atoms with Crippen LogP contribution in [0.5, 0.6) is 0 Å². The van der Waals surface area contributed by atoms with Crippen molar-refractivity contribution in [3.05, 3.63) is 47.7 Å². The lowest BCUT2D eigenvalue weighted by Gasteiger charge is -2.17. The van der Waals surface area contributed by atoms with Gasteiger partial charge < -0.3 is 11.1 Å². The molecular weight excluding hydrogens is 198 g/mol. The van der Waals surface area contributed by atoms with Gasteiger partial charge in [0.15, 0.2) is 0 Å². The van der Waals surface area contributed by atoms with Gasteiger partial charge in [-0.25, -0.2) is 0 Å². The number of nitriles is 1. The van der Waals surface area contributed by atoms with Gasteiger partial charge >= 0.3 is 0 Å². The fourth-order valence-corrected chi connectivity index (χ4v) is 1.66. The van der Waals surface area contributed by atoms with Crippen molar-refractivity contribution in [2.75, 3.05) is 5.73 Å². The van der Waals surface area contributed by atoms with E-state index in [0.29, 0.717) is 0 Å². The minimum absolute atomic E-state index is 0.211. The molecule has 1 aromatic carbocycles. The van der Waals surface area contributed by atoms with Crippen LogP contribution in [0.15, 0.2) is 42.1 Å². The monoisotopic (exact) mass is 211 g/mol. The Balaban J connectivity index is 2.29. The van der Waals surface area contributed by atoms with Gasteiger partial charge in [-0.15, -0.1) is 0 Å². The first-order chi connectivity index (χ1) is 7.70. The van der Waals surface area contributed by atoms with Gasteiger partial charge in [0.1, 0.15) is 6.04 Å². The molecular formula is C13H13N3. The van der Waals surface area contributed by atoms with E-state index in [0.717, 1.165) is 22.4 Å². The second-order valence-corrected chi connectivity index (χ2v) is 3.84. The van der Waals surface area contributed by atoms with Crippen LogP contribution in [0.25, 0.3) is 5.57 Å². The number of benzene rings is 1. The Morgan fingerprint density at radius 2 is 2.00 bits per heavy atom. The third-order valence-electron chi connectivity index (χ3n) is 2.62. The van der Waals surface area contributed by atoms with Gasteiger partial charge in [-0.2, -0.15) is 5.26 Å². The van der Waals surface area contributed by atoms with Crippen molar-refractivity contribution >= 4 is 11.3 Å². The third kappa shape index (κ3) is 1.91. The minimum Gasteiger partial charge on any atom is -0.399 e. The van der Waals surface area contributed by atoms with Gasteiger partial charge in [-0.3, -0.25) is 0 Å². The Morgan fingerprint density at radius 3 is 2.56 bits per heavy atom. The number of hydrogen-bond donors (Lipinski definition) is 2. The summed E-state index contributed by atoms with van der Waals surface area (Å²) in [4.78, 5) is 0. The maximum absolute atomic E-state index is 8.86. The van der Waals surface area contributed by atoms with Crippen molar-refractivity contribution in [3.8, 4) is 6.07 Å². The van der Waals surface area contributed by atoms with Crippen LogP contribution in [0, 0.1) is 11.3 Å². The van der Waals surface area contributed by atoms with E-state index in [1.807, 2.05) is 43.5 Å². The van der Waals surface area contributed by atoms with Crippen LogP contribution in [0.3, 0.4) is 0 Å². The first kappa shape index (κ1) is 10.3. The van der Waals surface area contributed by atoms with Gasteiger partial charge in [0, 0.05) is 11.9 Å². The number of nitrogens with two attached hydrogens (primary N) is 1. The van der Waals surface area contributed by atoms with Crippen molar-refractivity contribution in [1.29, 1.82) is 5.26 Å². The Hall–Kier alpha value is -2.21. The second-order valence-electron chi connectivity index (χ2n) is 3.84. The maximum Gasteiger partial charge on any atom is 0.135 e. The number of allylic oxidation sites excluding steroid dienone is 2. The zero-order chi connectivity index (χ0) is 11.5. The Morgan fingerprint density at radius 1 is 1.31 bits per heavy atom. The van der Waals surface area contributed by atoms with E-state index in [1.54, 1.807) is 0 Å².